The van der Waals surface area contributed by atoms with Gasteiger partial charge in [0.2, 0.25) is 0 Å². The fourth-order valence-electron chi connectivity index (χ4n) is 3.69. The Kier molecular flexibility index (Phi) is 5.06. The number of Topliss-reactive ketones (excluding diaryl/α,β-unsaturated/α-hetero) is 1. The highest BCUT2D eigenvalue weighted by molar-refractivity contribution is 6.13. The van der Waals surface area contributed by atoms with Gasteiger partial charge in [-0.05, 0) is 23.3 Å². The smallest absolute Gasteiger partial charge is 0.325 e. The fraction of sp³-hybridized carbons (Fsp3) is 0.125. The Labute approximate surface area is 174 Å². The van der Waals surface area contributed by atoms with Gasteiger partial charge >= 0.3 is 6.03 Å². The maximum Gasteiger partial charge on any atom is 0.325 e. The number of ketones is 1. The van der Waals surface area contributed by atoms with E-state index in [1.807, 2.05) is 36.4 Å². The van der Waals surface area contributed by atoms with Crippen LogP contribution in [0.3, 0.4) is 0 Å². The molecule has 4 rings (SSSR count). The number of hydrogen-bond donors (Lipinski definition) is 1. The SMILES string of the molecule is COc1cccc(C(=O)CN2C(=O)NC(c3ccccc3)(c3ccccc3)C2=O)c1. The molecule has 1 heterocycles. The van der Waals surface area contributed by atoms with Crippen molar-refractivity contribution in [1.29, 1.82) is 0 Å². The minimum absolute atomic E-state index is 0.352. The molecule has 1 saturated heterocycles. The Bertz CT molecular complexity index is 1060. The molecule has 0 unspecified atom stereocenters. The van der Waals surface area contributed by atoms with Crippen LogP contribution in [-0.4, -0.2) is 36.3 Å². The van der Waals surface area contributed by atoms with E-state index in [1.54, 1.807) is 48.5 Å². The molecule has 1 fully saturated rings. The van der Waals surface area contributed by atoms with Crippen LogP contribution in [0.25, 0.3) is 0 Å². The minimum atomic E-state index is -1.38. The Hall–Kier alpha value is -3.93. The lowest BCUT2D eigenvalue weighted by Gasteiger charge is -2.28. The maximum atomic E-state index is 13.6. The van der Waals surface area contributed by atoms with Gasteiger partial charge in [-0.25, -0.2) is 4.79 Å². The third-order valence-electron chi connectivity index (χ3n) is 5.21. The lowest BCUT2D eigenvalue weighted by molar-refractivity contribution is -0.129. The second kappa shape index (κ2) is 7.83. The molecular weight excluding hydrogens is 380 g/mol. The molecular formula is C24H20N2O4. The summed E-state index contributed by atoms with van der Waals surface area (Å²) in [5.41, 5.74) is 0.248. The van der Waals surface area contributed by atoms with Gasteiger partial charge < -0.3 is 10.1 Å². The van der Waals surface area contributed by atoms with Crippen LogP contribution in [0.4, 0.5) is 4.79 Å². The van der Waals surface area contributed by atoms with Crippen molar-refractivity contribution in [1.82, 2.24) is 10.2 Å². The summed E-state index contributed by atoms with van der Waals surface area (Å²) >= 11 is 0. The number of ether oxygens (including phenoxy) is 1. The van der Waals surface area contributed by atoms with Crippen molar-refractivity contribution in [3.8, 4) is 5.75 Å². The van der Waals surface area contributed by atoms with Crippen LogP contribution < -0.4 is 10.1 Å². The molecule has 6 heteroatoms. The van der Waals surface area contributed by atoms with Gasteiger partial charge in [-0.1, -0.05) is 72.8 Å². The molecule has 30 heavy (non-hydrogen) atoms. The van der Waals surface area contributed by atoms with E-state index >= 15 is 0 Å². The number of methoxy groups -OCH3 is 1. The number of amides is 3. The van der Waals surface area contributed by atoms with E-state index in [1.165, 1.54) is 7.11 Å². The summed E-state index contributed by atoms with van der Waals surface area (Å²) < 4.78 is 5.15. The maximum absolute atomic E-state index is 13.6. The summed E-state index contributed by atoms with van der Waals surface area (Å²) in [6.45, 7) is -0.362. The molecule has 3 aromatic rings. The summed E-state index contributed by atoms with van der Waals surface area (Å²) in [5, 5.41) is 2.84. The van der Waals surface area contributed by atoms with Gasteiger partial charge in [-0.2, -0.15) is 0 Å². The van der Waals surface area contributed by atoms with E-state index in [2.05, 4.69) is 5.32 Å². The number of benzene rings is 3. The summed E-state index contributed by atoms with van der Waals surface area (Å²) in [6.07, 6.45) is 0. The molecule has 0 spiro atoms. The van der Waals surface area contributed by atoms with Crippen LogP contribution in [0.5, 0.6) is 5.75 Å². The number of urea groups is 1. The monoisotopic (exact) mass is 400 g/mol. The standard InChI is InChI=1S/C24H20N2O4/c1-30-20-14-8-9-17(15-20)21(27)16-26-22(28)24(25-23(26)29,18-10-4-2-5-11-18)19-12-6-3-7-13-19/h2-15H,16H2,1H3,(H,25,29). The predicted molar refractivity (Wildman–Crippen MR) is 111 cm³/mol. The predicted octanol–water partition coefficient (Wildman–Crippen LogP) is 3.37. The Balaban J connectivity index is 1.71. The van der Waals surface area contributed by atoms with Crippen molar-refractivity contribution in [2.45, 2.75) is 5.54 Å². The number of nitrogens with zero attached hydrogens (tertiary/aromatic N) is 1. The normalized spacial score (nSPS) is 15.0. The highest BCUT2D eigenvalue weighted by Gasteiger charge is 2.54. The zero-order chi connectivity index (χ0) is 21.1. The van der Waals surface area contributed by atoms with Crippen LogP contribution >= 0.6 is 0 Å². The average Bonchev–Trinajstić information content (AvgIpc) is 3.06. The topological polar surface area (TPSA) is 75.7 Å². The van der Waals surface area contributed by atoms with Crippen LogP contribution in [0.2, 0.25) is 0 Å². The van der Waals surface area contributed by atoms with Gasteiger partial charge in [0.15, 0.2) is 11.3 Å². The van der Waals surface area contributed by atoms with Gasteiger partial charge in [0.1, 0.15) is 5.75 Å². The van der Waals surface area contributed by atoms with Crippen LogP contribution in [0, 0.1) is 0 Å². The van der Waals surface area contributed by atoms with Crippen molar-refractivity contribution in [3.63, 3.8) is 0 Å². The van der Waals surface area contributed by atoms with Crippen molar-refractivity contribution < 1.29 is 19.1 Å². The lowest BCUT2D eigenvalue weighted by atomic mass is 9.82. The summed E-state index contributed by atoms with van der Waals surface area (Å²) in [7, 11) is 1.51. The average molecular weight is 400 g/mol. The van der Waals surface area contributed by atoms with E-state index in [4.69, 9.17) is 4.74 Å². The zero-order valence-corrected chi connectivity index (χ0v) is 16.4. The molecule has 3 amide bonds. The first-order chi connectivity index (χ1) is 14.6. The molecule has 1 aliphatic heterocycles. The molecule has 0 atom stereocenters. The largest absolute Gasteiger partial charge is 0.497 e. The number of carbonyl (C=O) groups is 3. The molecule has 6 nitrogen and oxygen atoms in total. The number of nitrogens with one attached hydrogen (secondary N) is 1. The van der Waals surface area contributed by atoms with Crippen LogP contribution in [0.15, 0.2) is 84.9 Å². The molecule has 0 aromatic heterocycles. The first kappa shape index (κ1) is 19.4. The quantitative estimate of drug-likeness (QED) is 0.508. The fourth-order valence-corrected chi connectivity index (χ4v) is 3.69. The summed E-state index contributed by atoms with van der Waals surface area (Å²) in [4.78, 5) is 40.2. The van der Waals surface area contributed by atoms with Crippen molar-refractivity contribution in [2.75, 3.05) is 13.7 Å². The van der Waals surface area contributed by atoms with Gasteiger partial charge in [-0.3, -0.25) is 14.5 Å². The van der Waals surface area contributed by atoms with E-state index in [9.17, 15) is 14.4 Å². The van der Waals surface area contributed by atoms with E-state index < -0.39 is 17.5 Å². The van der Waals surface area contributed by atoms with Gasteiger partial charge in [-0.15, -0.1) is 0 Å². The van der Waals surface area contributed by atoms with Crippen molar-refractivity contribution >= 4 is 17.7 Å². The van der Waals surface area contributed by atoms with Gasteiger partial charge in [0.25, 0.3) is 5.91 Å². The number of carbonyl (C=O) groups excluding carboxylic acids is 3. The lowest BCUT2D eigenvalue weighted by Crippen LogP contribution is -2.45. The van der Waals surface area contributed by atoms with E-state index in [0.717, 1.165) is 4.90 Å². The Morgan fingerprint density at radius 3 is 2.07 bits per heavy atom. The minimum Gasteiger partial charge on any atom is -0.497 e. The molecule has 150 valence electrons. The second-order valence-corrected chi connectivity index (χ2v) is 6.96. The van der Waals surface area contributed by atoms with E-state index in [0.29, 0.717) is 22.4 Å². The number of rotatable bonds is 6. The molecule has 0 saturated carbocycles. The zero-order valence-electron chi connectivity index (χ0n) is 16.4. The first-order valence-corrected chi connectivity index (χ1v) is 9.48. The van der Waals surface area contributed by atoms with Crippen molar-refractivity contribution in [2.24, 2.45) is 0 Å². The Morgan fingerprint density at radius 1 is 0.900 bits per heavy atom. The summed E-state index contributed by atoms with van der Waals surface area (Å²) in [6, 6.07) is 24.1. The molecule has 0 aliphatic carbocycles. The summed E-state index contributed by atoms with van der Waals surface area (Å²) in [5.74, 6) is -0.309. The highest BCUT2D eigenvalue weighted by Crippen LogP contribution is 2.36. The third-order valence-corrected chi connectivity index (χ3v) is 5.21. The second-order valence-electron chi connectivity index (χ2n) is 6.96. The molecule has 0 radical (unpaired) electrons. The van der Waals surface area contributed by atoms with Gasteiger partial charge in [0, 0.05) is 5.56 Å². The van der Waals surface area contributed by atoms with Crippen LogP contribution in [0.1, 0.15) is 21.5 Å². The number of hydrogen-bond acceptors (Lipinski definition) is 4. The number of imide groups is 1. The third kappa shape index (κ3) is 3.22. The van der Waals surface area contributed by atoms with Crippen LogP contribution in [-0.2, 0) is 10.3 Å². The van der Waals surface area contributed by atoms with Gasteiger partial charge in [0.05, 0.1) is 13.7 Å². The first-order valence-electron chi connectivity index (χ1n) is 9.48. The Morgan fingerprint density at radius 2 is 1.50 bits per heavy atom. The molecule has 1 N–H and O–H groups in total. The van der Waals surface area contributed by atoms with E-state index in [-0.39, 0.29) is 12.3 Å². The highest BCUT2D eigenvalue weighted by atomic mass is 16.5. The molecule has 1 aliphatic rings. The van der Waals surface area contributed by atoms with Crippen molar-refractivity contribution in [3.05, 3.63) is 102 Å². The molecule has 3 aromatic carbocycles. The molecule has 0 bridgehead atoms.